The Bertz CT molecular complexity index is 5050. The lowest BCUT2D eigenvalue weighted by atomic mass is 9.30. The van der Waals surface area contributed by atoms with Gasteiger partial charge in [-0.15, -0.1) is 0 Å². The number of para-hydroxylation sites is 6. The third-order valence-corrected chi connectivity index (χ3v) is 22.3. The van der Waals surface area contributed by atoms with Crippen molar-refractivity contribution in [3.8, 4) is 44.5 Å². The highest BCUT2D eigenvalue weighted by Crippen LogP contribution is 2.60. The molecule has 7 aliphatic rings. The Balaban J connectivity index is 0.891. The summed E-state index contributed by atoms with van der Waals surface area (Å²) in [6.45, 7) is -0.286. The zero-order valence-corrected chi connectivity index (χ0v) is 52.8. The van der Waals surface area contributed by atoms with Crippen LogP contribution in [0.4, 0.5) is 73.9 Å². The summed E-state index contributed by atoms with van der Waals surface area (Å²) >= 11 is 0. The van der Waals surface area contributed by atoms with Crippen LogP contribution in [0.1, 0.15) is 32.1 Å². The summed E-state index contributed by atoms with van der Waals surface area (Å²) < 4.78 is 0. The van der Waals surface area contributed by atoms with Crippen molar-refractivity contribution in [3.63, 3.8) is 0 Å². The highest BCUT2D eigenvalue weighted by Gasteiger charge is 2.52. The fourth-order valence-electron chi connectivity index (χ4n) is 18.5. The van der Waals surface area contributed by atoms with Gasteiger partial charge in [0.1, 0.15) is 0 Å². The van der Waals surface area contributed by atoms with Gasteiger partial charge in [-0.2, -0.15) is 0 Å². The van der Waals surface area contributed by atoms with Crippen molar-refractivity contribution in [1.82, 2.24) is 0 Å². The first-order chi connectivity index (χ1) is 47.1. The number of benzene rings is 13. The summed E-state index contributed by atoms with van der Waals surface area (Å²) in [7, 11) is 0. The Hall–Kier alpha value is -11.0. The van der Waals surface area contributed by atoms with Crippen LogP contribution < -0.4 is 57.7 Å². The van der Waals surface area contributed by atoms with Crippen LogP contribution >= 0.6 is 0 Å². The summed E-state index contributed by atoms with van der Waals surface area (Å²) in [5.74, 6) is 3.46. The second kappa shape index (κ2) is 21.8. The van der Waals surface area contributed by atoms with Crippen LogP contribution in [0.25, 0.3) is 44.5 Å². The Kier molecular flexibility index (Phi) is 12.5. The van der Waals surface area contributed by atoms with Crippen LogP contribution in [0.3, 0.4) is 0 Å². The third kappa shape index (κ3) is 8.64. The fraction of sp³-hybridized carbons (Fsp3) is 0.114. The van der Waals surface area contributed by atoms with E-state index in [1.807, 2.05) is 0 Å². The molecule has 5 atom stereocenters. The molecule has 3 saturated carbocycles. The molecule has 0 saturated heterocycles. The second-order valence-electron chi connectivity index (χ2n) is 27.5. The van der Waals surface area contributed by atoms with Gasteiger partial charge in [-0.3, -0.25) is 0 Å². The average Bonchev–Trinajstić information content (AvgIpc) is 1.04. The summed E-state index contributed by atoms with van der Waals surface area (Å²) in [4.78, 5) is 10.5. The molecule has 7 heteroatoms. The van der Waals surface area contributed by atoms with Crippen LogP contribution in [0.2, 0.25) is 0 Å². The average molecular weight is 1220 g/mol. The molecule has 4 aliphatic heterocycles. The van der Waals surface area contributed by atoms with Crippen LogP contribution in [-0.2, 0) is 0 Å². The molecule has 0 amide bonds. The smallest absolute Gasteiger partial charge is 0.252 e. The van der Waals surface area contributed by atoms with E-state index in [4.69, 9.17) is 0 Å². The number of anilines is 13. The van der Waals surface area contributed by atoms with Crippen molar-refractivity contribution in [3.05, 3.63) is 309 Å². The van der Waals surface area contributed by atoms with Crippen molar-refractivity contribution in [2.75, 3.05) is 24.9 Å². The van der Waals surface area contributed by atoms with E-state index < -0.39 is 0 Å². The maximum atomic E-state index is 4.40. The van der Waals surface area contributed by atoms with Gasteiger partial charge in [-0.05, 0) is 178 Å². The Labute approximate surface area is 557 Å². The maximum absolute atomic E-state index is 4.40. The minimum absolute atomic E-state index is 0.143. The number of nitrogens with zero attached hydrogens (tertiary/aromatic N) is 4. The van der Waals surface area contributed by atoms with Crippen LogP contribution in [-0.4, -0.2) is 19.5 Å². The Morgan fingerprint density at radius 2 is 0.642 bits per heavy atom. The molecule has 13 aromatic rings. The van der Waals surface area contributed by atoms with E-state index in [2.05, 4.69) is 334 Å². The quantitative estimate of drug-likeness (QED) is 0.138. The second-order valence-corrected chi connectivity index (χ2v) is 27.5. The maximum Gasteiger partial charge on any atom is 0.252 e. The van der Waals surface area contributed by atoms with Crippen molar-refractivity contribution in [2.45, 2.75) is 38.1 Å². The van der Waals surface area contributed by atoms with E-state index in [9.17, 15) is 0 Å². The van der Waals surface area contributed by atoms with E-state index in [1.165, 1.54) is 161 Å². The lowest BCUT2D eigenvalue weighted by molar-refractivity contribution is 0.166. The van der Waals surface area contributed by atoms with Gasteiger partial charge in [0.15, 0.2) is 0 Å². The van der Waals surface area contributed by atoms with Crippen molar-refractivity contribution in [2.24, 2.45) is 23.7 Å². The summed E-state index contributed by atoms with van der Waals surface area (Å²) in [5.41, 5.74) is 32.4. The van der Waals surface area contributed by atoms with Crippen LogP contribution in [0, 0.1) is 23.7 Å². The van der Waals surface area contributed by atoms with Crippen LogP contribution in [0.5, 0.6) is 0 Å². The highest BCUT2D eigenvalue weighted by molar-refractivity contribution is 7.03. The van der Waals surface area contributed by atoms with Crippen molar-refractivity contribution in [1.29, 1.82) is 0 Å². The molecule has 3 fully saturated rings. The molecule has 5 nitrogen and oxygen atoms in total. The van der Waals surface area contributed by atoms with Gasteiger partial charge in [-0.1, -0.05) is 243 Å². The lowest BCUT2D eigenvalue weighted by Crippen LogP contribution is -2.65. The van der Waals surface area contributed by atoms with E-state index in [-0.39, 0.29) is 13.4 Å². The molecular formula is C88H67B2N5. The fourth-order valence-corrected chi connectivity index (χ4v) is 18.5. The molecule has 450 valence electrons. The van der Waals surface area contributed by atoms with Crippen molar-refractivity contribution < 1.29 is 0 Å². The molecule has 4 heterocycles. The molecule has 0 aromatic heterocycles. The third-order valence-electron chi connectivity index (χ3n) is 22.3. The molecule has 2 bridgehead atoms. The SMILES string of the molecule is c1ccc(-c2cccc(-c3ccccc3)c2N2c3ccccc3B3c4cc5c(cc4N(c4ccccc4)c4cccc2c43)N(c2c(-c3ccccc3)cccc2-c2ccccc2)c2cc(NC3CC4CC(C3)C3CC3C4)cc3c2B5c2ccccc2N3c2ccccc2)cc1. The first-order valence-corrected chi connectivity index (χ1v) is 34.4. The number of rotatable bonds is 10. The predicted octanol–water partition coefficient (Wildman–Crippen LogP) is 18.8. The highest BCUT2D eigenvalue weighted by atomic mass is 15.2. The molecule has 1 N–H and O–H groups in total. The first kappa shape index (κ1) is 54.5. The van der Waals surface area contributed by atoms with Crippen LogP contribution in [0.15, 0.2) is 309 Å². The summed E-state index contributed by atoms with van der Waals surface area (Å²) in [6.07, 6.45) is 6.69. The van der Waals surface area contributed by atoms with Gasteiger partial charge >= 0.3 is 0 Å². The minimum Gasteiger partial charge on any atom is -0.382 e. The Morgan fingerprint density at radius 3 is 1.15 bits per heavy atom. The first-order valence-electron chi connectivity index (χ1n) is 34.4. The van der Waals surface area contributed by atoms with Gasteiger partial charge in [-0.25, -0.2) is 0 Å². The number of fused-ring (bicyclic) bond motifs is 12. The molecule has 0 radical (unpaired) electrons. The molecule has 95 heavy (non-hydrogen) atoms. The normalized spacial score (nSPS) is 18.7. The minimum atomic E-state index is -0.144. The van der Waals surface area contributed by atoms with Gasteiger partial charge in [0.25, 0.3) is 13.4 Å². The standard InChI is InChI=1S/C88H67B2N5/c1-7-26-58(27-8-1)68-38-23-39-69(59-28-9-2-10-29-59)87(68)94-78-45-22-20-43-74(78)89-75-55-76-82(56-81(75)93(67-36-17-6-18-37-67)79-46-25-47-80(94)85(79)89)95(88-70(60-30-11-3-12-31-60)40-24-41-71(88)61-32-13-4-14-33-61)84-54-65(91-64-50-57-48-62(51-64)72-52-63(72)49-57)53-83-86(84)90(76)73-42-19-21-44-77(73)92(83)66-34-15-5-16-35-66/h1-47,53-57,62-64,72,91H,48-52H2. The molecule has 5 unspecified atom stereocenters. The predicted molar refractivity (Wildman–Crippen MR) is 401 cm³/mol. The number of hydrogen-bond acceptors (Lipinski definition) is 5. The zero-order chi connectivity index (χ0) is 62.2. The van der Waals surface area contributed by atoms with Crippen molar-refractivity contribution >= 4 is 120 Å². The van der Waals surface area contributed by atoms with Gasteiger partial charge < -0.3 is 24.9 Å². The lowest BCUT2D eigenvalue weighted by Gasteiger charge is -2.48. The largest absolute Gasteiger partial charge is 0.382 e. The van der Waals surface area contributed by atoms with Gasteiger partial charge in [0, 0.05) is 90.9 Å². The number of hydrogen-bond donors (Lipinski definition) is 1. The van der Waals surface area contributed by atoms with E-state index in [1.54, 1.807) is 0 Å². The molecule has 3 aliphatic carbocycles. The summed E-state index contributed by atoms with van der Waals surface area (Å²) in [6, 6.07) is 117. The molecule has 20 rings (SSSR count). The molecule has 13 aromatic carbocycles. The van der Waals surface area contributed by atoms with Gasteiger partial charge in [0.2, 0.25) is 0 Å². The van der Waals surface area contributed by atoms with E-state index in [0.29, 0.717) is 6.04 Å². The Morgan fingerprint density at radius 1 is 0.274 bits per heavy atom. The molecule has 0 spiro atoms. The van der Waals surface area contributed by atoms with Gasteiger partial charge in [0.05, 0.1) is 11.4 Å². The van der Waals surface area contributed by atoms with E-state index in [0.717, 1.165) is 46.4 Å². The zero-order valence-electron chi connectivity index (χ0n) is 52.8. The molecular weight excluding hydrogens is 1150 g/mol. The monoisotopic (exact) mass is 1220 g/mol. The number of nitrogens with one attached hydrogen (secondary N) is 1. The summed E-state index contributed by atoms with van der Waals surface area (Å²) in [5, 5.41) is 4.40. The van der Waals surface area contributed by atoms with E-state index >= 15 is 0 Å². The topological polar surface area (TPSA) is 25.0 Å².